The third-order valence-electron chi connectivity index (χ3n) is 7.52. The molecule has 0 spiro atoms. The lowest BCUT2D eigenvalue weighted by molar-refractivity contribution is -0.139. The fourth-order valence-corrected chi connectivity index (χ4v) is 5.41. The molecule has 4 aromatic rings. The summed E-state index contributed by atoms with van der Waals surface area (Å²) >= 11 is 0. The van der Waals surface area contributed by atoms with Crippen molar-refractivity contribution in [1.82, 2.24) is 9.47 Å². The molecule has 0 bridgehead atoms. The predicted octanol–water partition coefficient (Wildman–Crippen LogP) is 5.78. The van der Waals surface area contributed by atoms with E-state index in [0.717, 1.165) is 41.0 Å². The number of carbonyl (C=O) groups excluding carboxylic acids is 2. The van der Waals surface area contributed by atoms with E-state index >= 15 is 0 Å². The minimum atomic E-state index is -0.509. The predicted molar refractivity (Wildman–Crippen MR) is 162 cm³/mol. The fourth-order valence-electron chi connectivity index (χ4n) is 5.41. The quantitative estimate of drug-likeness (QED) is 0.217. The number of benzene rings is 3. The molecule has 0 saturated heterocycles. The molecule has 1 unspecified atom stereocenters. The third kappa shape index (κ3) is 6.04. The molecule has 8 heteroatoms. The number of hydrogen-bond donors (Lipinski definition) is 0. The summed E-state index contributed by atoms with van der Waals surface area (Å²) in [6.45, 7) is 2.69. The van der Waals surface area contributed by atoms with Gasteiger partial charge in [0, 0.05) is 18.3 Å². The first kappa shape index (κ1) is 29.0. The van der Waals surface area contributed by atoms with E-state index < -0.39 is 6.04 Å². The van der Waals surface area contributed by atoms with Crippen molar-refractivity contribution < 1.29 is 23.8 Å². The Labute approximate surface area is 247 Å². The third-order valence-corrected chi connectivity index (χ3v) is 7.52. The molecule has 42 heavy (non-hydrogen) atoms. The van der Waals surface area contributed by atoms with Gasteiger partial charge in [0.15, 0.2) is 0 Å². The zero-order valence-electron chi connectivity index (χ0n) is 24.4. The monoisotopic (exact) mass is 567 g/mol. The van der Waals surface area contributed by atoms with Gasteiger partial charge in [-0.15, -0.1) is 0 Å². The first-order chi connectivity index (χ1) is 20.5. The number of carbonyl (C=O) groups is 2. The zero-order valence-corrected chi connectivity index (χ0v) is 24.4. The average molecular weight is 568 g/mol. The van der Waals surface area contributed by atoms with Crippen LogP contribution in [-0.2, 0) is 20.9 Å². The highest BCUT2D eigenvalue weighted by Crippen LogP contribution is 2.45. The van der Waals surface area contributed by atoms with Crippen LogP contribution >= 0.6 is 0 Å². The van der Waals surface area contributed by atoms with Crippen molar-refractivity contribution in [2.75, 3.05) is 38.8 Å². The number of unbranched alkanes of at least 4 members (excludes halogenated alkanes) is 1. The molecular weight excluding hydrogens is 530 g/mol. The van der Waals surface area contributed by atoms with Crippen LogP contribution < -0.4 is 14.4 Å². The molecule has 8 nitrogen and oxygen atoms in total. The van der Waals surface area contributed by atoms with Gasteiger partial charge in [-0.05, 0) is 54.4 Å². The molecule has 1 aliphatic rings. The molecule has 5 rings (SSSR count). The smallest absolute Gasteiger partial charge is 0.249 e. The van der Waals surface area contributed by atoms with Gasteiger partial charge in [-0.2, -0.15) is 0 Å². The van der Waals surface area contributed by atoms with Crippen LogP contribution in [0.4, 0.5) is 5.69 Å². The molecule has 0 N–H and O–H groups in total. The lowest BCUT2D eigenvalue weighted by atomic mass is 9.96. The van der Waals surface area contributed by atoms with E-state index in [-0.39, 0.29) is 25.0 Å². The number of aromatic nitrogens is 1. The maximum Gasteiger partial charge on any atom is 0.249 e. The summed E-state index contributed by atoms with van der Waals surface area (Å²) in [5.74, 6) is 0.888. The number of ether oxygens (including phenoxy) is 3. The Bertz CT molecular complexity index is 1520. The normalized spacial score (nSPS) is 13.7. The second kappa shape index (κ2) is 13.4. The molecule has 2 amide bonds. The highest BCUT2D eigenvalue weighted by Gasteiger charge is 2.38. The van der Waals surface area contributed by atoms with Crippen LogP contribution in [0.2, 0.25) is 0 Å². The summed E-state index contributed by atoms with van der Waals surface area (Å²) < 4.78 is 19.2. The van der Waals surface area contributed by atoms with E-state index in [2.05, 4.69) is 11.5 Å². The molecule has 0 fully saturated rings. The molecule has 0 radical (unpaired) electrons. The largest absolute Gasteiger partial charge is 0.497 e. The number of amides is 2. The van der Waals surface area contributed by atoms with Gasteiger partial charge in [0.05, 0.1) is 37.9 Å². The summed E-state index contributed by atoms with van der Waals surface area (Å²) in [7, 11) is 3.23. The van der Waals surface area contributed by atoms with Gasteiger partial charge in [-0.1, -0.05) is 55.8 Å². The Balaban J connectivity index is 1.48. The highest BCUT2D eigenvalue weighted by atomic mass is 16.5. The van der Waals surface area contributed by atoms with Gasteiger partial charge in [-0.25, -0.2) is 0 Å². The second-order valence-corrected chi connectivity index (χ2v) is 10.2. The number of methoxy groups -OCH3 is 2. The SMILES string of the molecule is CCCCN(CC(=O)N1c2ccccc2-n2cccc2C1c1cc(OC)ccc1OC)C(=O)COCc1ccccc1. The van der Waals surface area contributed by atoms with Crippen LogP contribution in [0.1, 0.15) is 42.6 Å². The van der Waals surface area contributed by atoms with E-state index in [4.69, 9.17) is 14.2 Å². The van der Waals surface area contributed by atoms with Gasteiger partial charge in [-0.3, -0.25) is 14.5 Å². The average Bonchev–Trinajstić information content (AvgIpc) is 3.52. The molecule has 0 aliphatic carbocycles. The summed E-state index contributed by atoms with van der Waals surface area (Å²) in [4.78, 5) is 31.2. The van der Waals surface area contributed by atoms with Crippen molar-refractivity contribution >= 4 is 17.5 Å². The number of hydrogen-bond acceptors (Lipinski definition) is 5. The van der Waals surface area contributed by atoms with Crippen molar-refractivity contribution in [3.05, 3.63) is 108 Å². The minimum absolute atomic E-state index is 0.0780. The van der Waals surface area contributed by atoms with E-state index in [9.17, 15) is 9.59 Å². The number of nitrogens with zero attached hydrogens (tertiary/aromatic N) is 3. The topological polar surface area (TPSA) is 73.2 Å². The lowest BCUT2D eigenvalue weighted by Crippen LogP contribution is -2.47. The molecule has 2 heterocycles. The van der Waals surface area contributed by atoms with Crippen LogP contribution in [-0.4, -0.2) is 55.2 Å². The van der Waals surface area contributed by atoms with Crippen molar-refractivity contribution in [3.8, 4) is 17.2 Å². The standard InChI is InChI=1S/C34H37N3O5/c1-4-5-19-35(33(39)24-42-23-25-12-7-6-8-13-25)22-32(38)37-29-15-10-9-14-28(29)36-20-11-16-30(36)34(37)27-21-26(40-2)17-18-31(27)41-3/h6-18,20-21,34H,4-5,19,22-24H2,1-3H3. The summed E-state index contributed by atoms with van der Waals surface area (Å²) in [5.41, 5.74) is 4.33. The van der Waals surface area contributed by atoms with Gasteiger partial charge in [0.1, 0.15) is 30.7 Å². The van der Waals surface area contributed by atoms with Crippen LogP contribution in [0.25, 0.3) is 5.69 Å². The Morgan fingerprint density at radius 2 is 1.64 bits per heavy atom. The zero-order chi connectivity index (χ0) is 29.5. The Morgan fingerprint density at radius 1 is 0.881 bits per heavy atom. The van der Waals surface area contributed by atoms with Crippen LogP contribution in [0, 0.1) is 0 Å². The van der Waals surface area contributed by atoms with E-state index in [1.165, 1.54) is 0 Å². The summed E-state index contributed by atoms with van der Waals surface area (Å²) in [6.07, 6.45) is 3.67. The first-order valence-corrected chi connectivity index (χ1v) is 14.3. The lowest BCUT2D eigenvalue weighted by Gasteiger charge is -2.40. The number of anilines is 1. The molecule has 1 aliphatic heterocycles. The van der Waals surface area contributed by atoms with Gasteiger partial charge >= 0.3 is 0 Å². The maximum absolute atomic E-state index is 14.4. The van der Waals surface area contributed by atoms with E-state index in [1.54, 1.807) is 24.0 Å². The Hall–Kier alpha value is -4.56. The highest BCUT2D eigenvalue weighted by molar-refractivity contribution is 6.00. The second-order valence-electron chi connectivity index (χ2n) is 10.2. The minimum Gasteiger partial charge on any atom is -0.497 e. The number of para-hydroxylation sites is 2. The van der Waals surface area contributed by atoms with Gasteiger partial charge in [0.25, 0.3) is 0 Å². The van der Waals surface area contributed by atoms with Crippen LogP contribution in [0.3, 0.4) is 0 Å². The first-order valence-electron chi connectivity index (χ1n) is 14.3. The van der Waals surface area contributed by atoms with Crippen LogP contribution in [0.15, 0.2) is 91.1 Å². The van der Waals surface area contributed by atoms with Crippen molar-refractivity contribution in [3.63, 3.8) is 0 Å². The molecule has 0 saturated carbocycles. The van der Waals surface area contributed by atoms with Crippen molar-refractivity contribution in [1.29, 1.82) is 0 Å². The van der Waals surface area contributed by atoms with E-state index in [1.807, 2.05) is 91.1 Å². The number of fused-ring (bicyclic) bond motifs is 3. The molecule has 218 valence electrons. The molecular formula is C34H37N3O5. The van der Waals surface area contributed by atoms with Gasteiger partial charge in [0.2, 0.25) is 11.8 Å². The van der Waals surface area contributed by atoms with Crippen molar-refractivity contribution in [2.24, 2.45) is 0 Å². The summed E-state index contributed by atoms with van der Waals surface area (Å²) in [6, 6.07) is 26.6. The molecule has 1 atom stereocenters. The maximum atomic E-state index is 14.4. The molecule has 1 aromatic heterocycles. The Kier molecular flexibility index (Phi) is 9.24. The van der Waals surface area contributed by atoms with Crippen molar-refractivity contribution in [2.45, 2.75) is 32.4 Å². The number of rotatable bonds is 12. The summed E-state index contributed by atoms with van der Waals surface area (Å²) in [5, 5.41) is 0. The fraction of sp³-hybridized carbons (Fsp3) is 0.294. The molecule has 3 aromatic carbocycles. The van der Waals surface area contributed by atoms with Crippen LogP contribution in [0.5, 0.6) is 11.5 Å². The Morgan fingerprint density at radius 3 is 2.38 bits per heavy atom. The van der Waals surface area contributed by atoms with E-state index in [0.29, 0.717) is 24.7 Å². The van der Waals surface area contributed by atoms with Gasteiger partial charge < -0.3 is 23.7 Å².